The molecule has 0 bridgehead atoms. The molecule has 0 atom stereocenters. The number of methoxy groups -OCH3 is 1. The number of rotatable bonds is 5. The SMILES string of the molecule is COC(=O)c1ccc(COc2cccc(C=O)c2)cc1F. The summed E-state index contributed by atoms with van der Waals surface area (Å²) in [5.41, 5.74) is 0.945. The molecule has 0 spiro atoms. The molecule has 0 N–H and O–H groups in total. The van der Waals surface area contributed by atoms with E-state index in [4.69, 9.17) is 4.74 Å². The van der Waals surface area contributed by atoms with E-state index in [2.05, 4.69) is 4.74 Å². The van der Waals surface area contributed by atoms with E-state index in [0.29, 0.717) is 16.9 Å². The monoisotopic (exact) mass is 288 g/mol. The van der Waals surface area contributed by atoms with Gasteiger partial charge in [0.25, 0.3) is 0 Å². The highest BCUT2D eigenvalue weighted by Gasteiger charge is 2.12. The van der Waals surface area contributed by atoms with Gasteiger partial charge in [0.05, 0.1) is 12.7 Å². The number of benzene rings is 2. The Kier molecular flexibility index (Phi) is 4.66. The number of hydrogen-bond donors (Lipinski definition) is 0. The minimum atomic E-state index is -0.723. The lowest BCUT2D eigenvalue weighted by molar-refractivity contribution is 0.0595. The van der Waals surface area contributed by atoms with Crippen LogP contribution in [0.5, 0.6) is 5.75 Å². The van der Waals surface area contributed by atoms with Crippen molar-refractivity contribution in [2.24, 2.45) is 0 Å². The van der Waals surface area contributed by atoms with E-state index in [1.807, 2.05) is 0 Å². The van der Waals surface area contributed by atoms with Crippen LogP contribution in [0.1, 0.15) is 26.3 Å². The van der Waals surface area contributed by atoms with Gasteiger partial charge in [0, 0.05) is 5.56 Å². The van der Waals surface area contributed by atoms with Crippen molar-refractivity contribution < 1.29 is 23.5 Å². The van der Waals surface area contributed by atoms with Gasteiger partial charge in [-0.1, -0.05) is 18.2 Å². The molecule has 0 amide bonds. The predicted octanol–water partition coefficient (Wildman–Crippen LogP) is 3.00. The van der Waals surface area contributed by atoms with Crippen molar-refractivity contribution >= 4 is 12.3 Å². The first kappa shape index (κ1) is 14.7. The molecule has 0 aliphatic heterocycles. The van der Waals surface area contributed by atoms with Gasteiger partial charge in [-0.15, -0.1) is 0 Å². The summed E-state index contributed by atoms with van der Waals surface area (Å²) in [7, 11) is 1.19. The van der Waals surface area contributed by atoms with Gasteiger partial charge in [-0.05, 0) is 29.8 Å². The first-order chi connectivity index (χ1) is 10.1. The highest BCUT2D eigenvalue weighted by Crippen LogP contribution is 2.16. The minimum absolute atomic E-state index is 0.121. The fraction of sp³-hybridized carbons (Fsp3) is 0.125. The number of aldehydes is 1. The molecule has 0 radical (unpaired) electrons. The molecule has 2 rings (SSSR count). The van der Waals surface area contributed by atoms with Crippen LogP contribution in [0.4, 0.5) is 4.39 Å². The molecule has 0 heterocycles. The summed E-state index contributed by atoms with van der Waals surface area (Å²) >= 11 is 0. The van der Waals surface area contributed by atoms with Crippen LogP contribution in [0.15, 0.2) is 42.5 Å². The molecule has 0 saturated heterocycles. The van der Waals surface area contributed by atoms with Crippen LogP contribution in [0, 0.1) is 5.82 Å². The van der Waals surface area contributed by atoms with E-state index in [1.165, 1.54) is 19.2 Å². The molecule has 0 unspecified atom stereocenters. The molecule has 2 aromatic rings. The molecule has 4 nitrogen and oxygen atoms in total. The van der Waals surface area contributed by atoms with Gasteiger partial charge in [-0.2, -0.15) is 0 Å². The zero-order valence-electron chi connectivity index (χ0n) is 11.3. The Morgan fingerprint density at radius 1 is 1.24 bits per heavy atom. The average molecular weight is 288 g/mol. The lowest BCUT2D eigenvalue weighted by Crippen LogP contribution is -2.05. The Balaban J connectivity index is 2.08. The molecule has 108 valence electrons. The van der Waals surface area contributed by atoms with Crippen LogP contribution in [0.2, 0.25) is 0 Å². The normalized spacial score (nSPS) is 10.0. The van der Waals surface area contributed by atoms with Crippen molar-refractivity contribution in [1.82, 2.24) is 0 Å². The van der Waals surface area contributed by atoms with Crippen LogP contribution in [-0.2, 0) is 11.3 Å². The van der Waals surface area contributed by atoms with E-state index in [0.717, 1.165) is 6.29 Å². The average Bonchev–Trinajstić information content (AvgIpc) is 2.52. The van der Waals surface area contributed by atoms with Crippen LogP contribution in [0.25, 0.3) is 0 Å². The standard InChI is InChI=1S/C16H13FO4/c1-20-16(19)14-6-5-12(8-15(14)17)10-21-13-4-2-3-11(7-13)9-18/h2-9H,10H2,1H3. The highest BCUT2D eigenvalue weighted by molar-refractivity contribution is 5.89. The summed E-state index contributed by atoms with van der Waals surface area (Å²) in [6, 6.07) is 10.8. The first-order valence-electron chi connectivity index (χ1n) is 6.19. The molecule has 5 heteroatoms. The zero-order chi connectivity index (χ0) is 15.2. The van der Waals surface area contributed by atoms with Gasteiger partial charge in [-0.25, -0.2) is 9.18 Å². The quantitative estimate of drug-likeness (QED) is 0.627. The Morgan fingerprint density at radius 3 is 2.71 bits per heavy atom. The third kappa shape index (κ3) is 3.66. The molecule has 0 aliphatic rings. The van der Waals surface area contributed by atoms with Gasteiger partial charge >= 0.3 is 5.97 Å². The van der Waals surface area contributed by atoms with Crippen molar-refractivity contribution in [2.45, 2.75) is 6.61 Å². The van der Waals surface area contributed by atoms with Crippen LogP contribution in [0.3, 0.4) is 0 Å². The third-order valence-electron chi connectivity index (χ3n) is 2.84. The van der Waals surface area contributed by atoms with Gasteiger partial charge < -0.3 is 9.47 Å². The molecule has 0 saturated carbocycles. The summed E-state index contributed by atoms with van der Waals surface area (Å²) < 4.78 is 23.7. The van der Waals surface area contributed by atoms with Crippen LogP contribution < -0.4 is 4.74 Å². The maximum atomic E-state index is 13.7. The molecule has 0 fully saturated rings. The molecular formula is C16H13FO4. The van der Waals surface area contributed by atoms with Gasteiger partial charge in [0.1, 0.15) is 24.5 Å². The molecule has 0 aliphatic carbocycles. The van der Waals surface area contributed by atoms with Crippen LogP contribution in [-0.4, -0.2) is 19.4 Å². The Labute approximate surface area is 121 Å². The second-order valence-corrected chi connectivity index (χ2v) is 4.28. The lowest BCUT2D eigenvalue weighted by Gasteiger charge is -2.08. The van der Waals surface area contributed by atoms with E-state index in [1.54, 1.807) is 30.3 Å². The van der Waals surface area contributed by atoms with Crippen molar-refractivity contribution in [1.29, 1.82) is 0 Å². The minimum Gasteiger partial charge on any atom is -0.489 e. The predicted molar refractivity (Wildman–Crippen MR) is 73.9 cm³/mol. The molecule has 21 heavy (non-hydrogen) atoms. The summed E-state index contributed by atoms with van der Waals surface area (Å²) in [4.78, 5) is 21.9. The molecule has 2 aromatic carbocycles. The number of halogens is 1. The highest BCUT2D eigenvalue weighted by atomic mass is 19.1. The smallest absolute Gasteiger partial charge is 0.340 e. The number of esters is 1. The third-order valence-corrected chi connectivity index (χ3v) is 2.84. The maximum absolute atomic E-state index is 13.7. The van der Waals surface area contributed by atoms with Gasteiger partial charge in [0.15, 0.2) is 0 Å². The van der Waals surface area contributed by atoms with Gasteiger partial charge in [0.2, 0.25) is 0 Å². The first-order valence-corrected chi connectivity index (χ1v) is 6.19. The largest absolute Gasteiger partial charge is 0.489 e. The topological polar surface area (TPSA) is 52.6 Å². The van der Waals surface area contributed by atoms with E-state index in [9.17, 15) is 14.0 Å². The number of carbonyl (C=O) groups is 2. The van der Waals surface area contributed by atoms with Gasteiger partial charge in [-0.3, -0.25) is 4.79 Å². The zero-order valence-corrected chi connectivity index (χ0v) is 11.3. The van der Waals surface area contributed by atoms with E-state index >= 15 is 0 Å². The fourth-order valence-electron chi connectivity index (χ4n) is 1.77. The number of hydrogen-bond acceptors (Lipinski definition) is 4. The fourth-order valence-corrected chi connectivity index (χ4v) is 1.77. The lowest BCUT2D eigenvalue weighted by atomic mass is 10.1. The van der Waals surface area contributed by atoms with Crippen molar-refractivity contribution in [3.63, 3.8) is 0 Å². The van der Waals surface area contributed by atoms with E-state index in [-0.39, 0.29) is 12.2 Å². The van der Waals surface area contributed by atoms with Crippen LogP contribution >= 0.6 is 0 Å². The molecular weight excluding hydrogens is 275 g/mol. The van der Waals surface area contributed by atoms with Crippen molar-refractivity contribution in [3.05, 3.63) is 65.0 Å². The summed E-state index contributed by atoms with van der Waals surface area (Å²) in [5.74, 6) is -0.875. The number of ether oxygens (including phenoxy) is 2. The second kappa shape index (κ2) is 6.65. The number of carbonyl (C=O) groups excluding carboxylic acids is 2. The maximum Gasteiger partial charge on any atom is 0.340 e. The summed E-state index contributed by atoms with van der Waals surface area (Å²) in [6.07, 6.45) is 0.720. The molecule has 0 aromatic heterocycles. The Bertz CT molecular complexity index is 667. The van der Waals surface area contributed by atoms with E-state index < -0.39 is 11.8 Å². The second-order valence-electron chi connectivity index (χ2n) is 4.28. The summed E-state index contributed by atoms with van der Waals surface area (Å²) in [6.45, 7) is 0.126. The van der Waals surface area contributed by atoms with Crippen molar-refractivity contribution in [3.8, 4) is 5.75 Å². The Hall–Kier alpha value is -2.69. The van der Waals surface area contributed by atoms with Crippen molar-refractivity contribution in [2.75, 3.05) is 7.11 Å². The summed E-state index contributed by atoms with van der Waals surface area (Å²) in [5, 5.41) is 0. The Morgan fingerprint density at radius 2 is 2.05 bits per heavy atom.